The lowest BCUT2D eigenvalue weighted by molar-refractivity contribution is -0.178. The quantitative estimate of drug-likeness (QED) is 0.122. The number of alkyl halides is 2. The van der Waals surface area contributed by atoms with E-state index in [-0.39, 0.29) is 41.9 Å². The molecule has 1 N–H and O–H groups in total. The molecule has 0 aliphatic heterocycles. The summed E-state index contributed by atoms with van der Waals surface area (Å²) in [6.45, 7) is 0. The normalized spacial score (nSPS) is 12.0. The lowest BCUT2D eigenvalue weighted by Gasteiger charge is -2.11. The van der Waals surface area contributed by atoms with Crippen molar-refractivity contribution in [3.63, 3.8) is 0 Å². The molecular formula is C16H5Cl5F2NO4P. The number of esters is 1. The van der Waals surface area contributed by atoms with Gasteiger partial charge in [-0.2, -0.15) is 8.78 Å². The van der Waals surface area contributed by atoms with Crippen LogP contribution in [0.5, 0.6) is 5.75 Å². The van der Waals surface area contributed by atoms with Gasteiger partial charge < -0.3 is 9.72 Å². The van der Waals surface area contributed by atoms with Gasteiger partial charge in [-0.3, -0.25) is 0 Å². The minimum Gasteiger partial charge on any atom is -0.419 e. The van der Waals surface area contributed by atoms with E-state index in [1.54, 1.807) is 0 Å². The SMILES string of the molecule is O=POC(F)(F)c1ccc2[nH]c(C(=O)Oc3c(Cl)c(Cl)c(Cl)c(Cl)c3Cl)cc2c1. The highest BCUT2D eigenvalue weighted by atomic mass is 35.5. The molecule has 0 bridgehead atoms. The molecule has 0 amide bonds. The van der Waals surface area contributed by atoms with Crippen LogP contribution in [-0.4, -0.2) is 11.0 Å². The third-order valence-electron chi connectivity index (χ3n) is 3.69. The molecule has 0 fully saturated rings. The lowest BCUT2D eigenvalue weighted by Crippen LogP contribution is -2.12. The van der Waals surface area contributed by atoms with Gasteiger partial charge in [-0.1, -0.05) is 58.0 Å². The van der Waals surface area contributed by atoms with E-state index >= 15 is 0 Å². The zero-order valence-corrected chi connectivity index (χ0v) is 18.2. The zero-order valence-electron chi connectivity index (χ0n) is 13.5. The Bertz CT molecular complexity index is 1130. The minimum absolute atomic E-state index is 0.0994. The molecule has 0 saturated carbocycles. The average Bonchev–Trinajstić information content (AvgIpc) is 3.11. The molecule has 29 heavy (non-hydrogen) atoms. The van der Waals surface area contributed by atoms with Crippen molar-refractivity contribution in [3.05, 3.63) is 60.6 Å². The standard InChI is InChI=1S/C16H5Cl5F2NO4P/c17-9-10(18)12(20)14(13(21)11(9)19)27-15(25)8-4-5-3-6(1-2-7(5)24-8)16(22,23)28-29-26/h1-4,24H. The maximum atomic E-state index is 13.7. The van der Waals surface area contributed by atoms with Crippen molar-refractivity contribution in [3.8, 4) is 5.75 Å². The maximum absolute atomic E-state index is 13.7. The Balaban J connectivity index is 1.96. The number of fused-ring (bicyclic) bond motifs is 1. The molecule has 0 aliphatic rings. The molecule has 13 heteroatoms. The number of hydrogen-bond donors (Lipinski definition) is 1. The van der Waals surface area contributed by atoms with Crippen molar-refractivity contribution in [2.75, 3.05) is 0 Å². The first kappa shape index (κ1) is 22.5. The van der Waals surface area contributed by atoms with Crippen LogP contribution in [0.1, 0.15) is 16.1 Å². The van der Waals surface area contributed by atoms with Crippen molar-refractivity contribution < 1.29 is 27.4 Å². The summed E-state index contributed by atoms with van der Waals surface area (Å²) in [5.41, 5.74) is -0.312. The second kappa shape index (κ2) is 8.52. The smallest absolute Gasteiger partial charge is 0.393 e. The highest BCUT2D eigenvalue weighted by Crippen LogP contribution is 2.48. The Morgan fingerprint density at radius 3 is 2.14 bits per heavy atom. The van der Waals surface area contributed by atoms with E-state index < -0.39 is 26.3 Å². The molecular weight excluding hydrogens is 516 g/mol. The van der Waals surface area contributed by atoms with Crippen LogP contribution in [0.3, 0.4) is 0 Å². The van der Waals surface area contributed by atoms with Crippen LogP contribution in [-0.2, 0) is 15.2 Å². The predicted molar refractivity (Wildman–Crippen MR) is 107 cm³/mol. The maximum Gasteiger partial charge on any atom is 0.393 e. The molecule has 0 radical (unpaired) electrons. The third kappa shape index (κ3) is 4.32. The molecule has 0 atom stereocenters. The van der Waals surface area contributed by atoms with Gasteiger partial charge in [0.05, 0.1) is 20.6 Å². The zero-order chi connectivity index (χ0) is 21.5. The Labute approximate surface area is 188 Å². The Hall–Kier alpha value is -1.18. The number of aromatic amines is 1. The summed E-state index contributed by atoms with van der Waals surface area (Å²) in [5.74, 6) is -1.26. The summed E-state index contributed by atoms with van der Waals surface area (Å²) >= 11 is 29.8. The van der Waals surface area contributed by atoms with E-state index in [1.807, 2.05) is 0 Å². The largest absolute Gasteiger partial charge is 0.419 e. The van der Waals surface area contributed by atoms with Crippen molar-refractivity contribution in [2.45, 2.75) is 6.11 Å². The third-order valence-corrected chi connectivity index (χ3v) is 6.24. The van der Waals surface area contributed by atoms with Gasteiger partial charge in [-0.25, -0.2) is 13.9 Å². The molecule has 3 rings (SSSR count). The van der Waals surface area contributed by atoms with Gasteiger partial charge in [0.25, 0.3) is 0 Å². The van der Waals surface area contributed by atoms with Crippen molar-refractivity contribution in [2.24, 2.45) is 0 Å². The Kier molecular flexibility index (Phi) is 6.61. The summed E-state index contributed by atoms with van der Waals surface area (Å²) in [4.78, 5) is 15.2. The lowest BCUT2D eigenvalue weighted by atomic mass is 10.1. The second-order valence-electron chi connectivity index (χ2n) is 5.46. The summed E-state index contributed by atoms with van der Waals surface area (Å²) in [7, 11) is -1.18. The van der Waals surface area contributed by atoms with Gasteiger partial charge in [0.1, 0.15) is 15.7 Å². The fourth-order valence-corrected chi connectivity index (χ4v) is 3.74. The summed E-state index contributed by atoms with van der Waals surface area (Å²) in [6.07, 6.45) is -3.78. The molecule has 0 saturated heterocycles. The fraction of sp³-hybridized carbons (Fsp3) is 0.0625. The highest BCUT2D eigenvalue weighted by Gasteiger charge is 2.34. The second-order valence-corrected chi connectivity index (χ2v) is 7.68. The van der Waals surface area contributed by atoms with Gasteiger partial charge >= 0.3 is 20.8 Å². The van der Waals surface area contributed by atoms with Crippen LogP contribution in [0.4, 0.5) is 8.78 Å². The first-order valence-electron chi connectivity index (χ1n) is 7.32. The first-order valence-corrected chi connectivity index (χ1v) is 9.94. The van der Waals surface area contributed by atoms with Crippen LogP contribution in [0.25, 0.3) is 10.9 Å². The fourth-order valence-electron chi connectivity index (χ4n) is 2.35. The average molecular weight is 521 g/mol. The van der Waals surface area contributed by atoms with Gasteiger partial charge in [0, 0.05) is 10.9 Å². The molecule has 1 heterocycles. The molecule has 152 valence electrons. The molecule has 1 aromatic heterocycles. The molecule has 0 aliphatic carbocycles. The number of nitrogens with one attached hydrogen (secondary N) is 1. The van der Waals surface area contributed by atoms with Crippen LogP contribution in [0.2, 0.25) is 25.1 Å². The number of H-pyrrole nitrogens is 1. The number of carbonyl (C=O) groups excluding carboxylic acids is 1. The van der Waals surface area contributed by atoms with Crippen molar-refractivity contribution >= 4 is 83.6 Å². The summed E-state index contributed by atoms with van der Waals surface area (Å²) in [6, 6.07) is 4.65. The monoisotopic (exact) mass is 519 g/mol. The number of rotatable bonds is 5. The van der Waals surface area contributed by atoms with E-state index in [2.05, 4.69) is 9.51 Å². The van der Waals surface area contributed by atoms with Gasteiger partial charge in [0.2, 0.25) is 0 Å². The van der Waals surface area contributed by atoms with Crippen LogP contribution < -0.4 is 4.74 Å². The number of hydrogen-bond acceptors (Lipinski definition) is 4. The number of ether oxygens (including phenoxy) is 1. The number of benzene rings is 2. The Morgan fingerprint density at radius 1 is 0.966 bits per heavy atom. The summed E-state index contributed by atoms with van der Waals surface area (Å²) < 4.78 is 46.8. The van der Waals surface area contributed by atoms with Crippen LogP contribution in [0, 0.1) is 0 Å². The van der Waals surface area contributed by atoms with E-state index in [1.165, 1.54) is 12.1 Å². The van der Waals surface area contributed by atoms with Gasteiger partial charge in [-0.05, 0) is 24.3 Å². The van der Waals surface area contributed by atoms with Crippen molar-refractivity contribution in [1.29, 1.82) is 0 Å². The first-order chi connectivity index (χ1) is 13.6. The number of aromatic nitrogens is 1. The van der Waals surface area contributed by atoms with E-state index in [4.69, 9.17) is 62.7 Å². The molecule has 3 aromatic rings. The predicted octanol–water partition coefficient (Wildman–Crippen LogP) is 7.93. The van der Waals surface area contributed by atoms with E-state index in [0.717, 1.165) is 12.1 Å². The minimum atomic E-state index is -3.78. The molecule has 2 aromatic carbocycles. The van der Waals surface area contributed by atoms with Crippen molar-refractivity contribution in [1.82, 2.24) is 4.98 Å². The van der Waals surface area contributed by atoms with Crippen LogP contribution in [0.15, 0.2) is 24.3 Å². The highest BCUT2D eigenvalue weighted by molar-refractivity contribution is 7.17. The van der Waals surface area contributed by atoms with Crippen LogP contribution >= 0.6 is 66.7 Å². The number of carbonyl (C=O) groups is 1. The molecule has 5 nitrogen and oxygen atoms in total. The topological polar surface area (TPSA) is 68.4 Å². The molecule has 0 unspecified atom stereocenters. The van der Waals surface area contributed by atoms with E-state index in [0.29, 0.717) is 5.52 Å². The van der Waals surface area contributed by atoms with Gasteiger partial charge in [0.15, 0.2) is 5.75 Å². The van der Waals surface area contributed by atoms with Gasteiger partial charge in [-0.15, -0.1) is 0 Å². The summed E-state index contributed by atoms with van der Waals surface area (Å²) in [5, 5.41) is -0.650. The molecule has 0 spiro atoms. The number of halogens is 7. The Morgan fingerprint density at radius 2 is 1.55 bits per heavy atom. The van der Waals surface area contributed by atoms with E-state index in [9.17, 15) is 18.1 Å².